The molecule has 0 aromatic rings. The first-order chi connectivity index (χ1) is 15.2. The van der Waals surface area contributed by atoms with Gasteiger partial charge in [0, 0.05) is 17.5 Å². The van der Waals surface area contributed by atoms with E-state index in [-0.39, 0.29) is 11.1 Å². The summed E-state index contributed by atoms with van der Waals surface area (Å²) in [6.45, 7) is 12.4. The molecular weight excluding hydrogens is 398 g/mol. The maximum Gasteiger partial charge on any atom is 0.303 e. The van der Waals surface area contributed by atoms with Crippen LogP contribution in [0.1, 0.15) is 150 Å². The number of hydrogen-bond acceptors (Lipinski definition) is 3. The zero-order valence-electron chi connectivity index (χ0n) is 22.2. The molecule has 0 unspecified atom stereocenters. The molecule has 0 amide bonds. The van der Waals surface area contributed by atoms with Gasteiger partial charge in [0.15, 0.2) is 0 Å². The summed E-state index contributed by atoms with van der Waals surface area (Å²) in [6, 6.07) is 0. The van der Waals surface area contributed by atoms with Gasteiger partial charge in [-0.1, -0.05) is 90.4 Å². The van der Waals surface area contributed by atoms with Crippen LogP contribution in [-0.4, -0.2) is 33.8 Å². The maximum atomic E-state index is 10.5. The normalized spacial score (nSPS) is 18.8. The Morgan fingerprint density at radius 1 is 0.781 bits per heavy atom. The summed E-state index contributed by atoms with van der Waals surface area (Å²) in [5.41, 5.74) is 0.250. The zero-order chi connectivity index (χ0) is 23.9. The molecule has 1 aliphatic heterocycles. The van der Waals surface area contributed by atoms with Gasteiger partial charge in [0.25, 0.3) is 0 Å². The van der Waals surface area contributed by atoms with Crippen molar-refractivity contribution < 1.29 is 14.7 Å². The van der Waals surface area contributed by atoms with Gasteiger partial charge >= 0.3 is 5.97 Å². The minimum Gasteiger partial charge on any atom is -0.481 e. The van der Waals surface area contributed by atoms with Gasteiger partial charge in [0.05, 0.1) is 6.61 Å². The number of hydrogen-bond donors (Lipinski definition) is 1. The number of hydroxylamine groups is 2. The Hall–Kier alpha value is -0.610. The summed E-state index contributed by atoms with van der Waals surface area (Å²) in [5, 5.41) is 10.9. The van der Waals surface area contributed by atoms with Crippen LogP contribution in [0.2, 0.25) is 0 Å². The van der Waals surface area contributed by atoms with Crippen LogP contribution in [-0.2, 0) is 9.63 Å². The minimum absolute atomic E-state index is 0.125. The fourth-order valence-electron chi connectivity index (χ4n) is 5.86. The van der Waals surface area contributed by atoms with E-state index in [1.54, 1.807) is 0 Å². The summed E-state index contributed by atoms with van der Waals surface area (Å²) < 4.78 is 0. The lowest BCUT2D eigenvalue weighted by molar-refractivity contribution is -0.288. The van der Waals surface area contributed by atoms with Gasteiger partial charge in [-0.25, -0.2) is 0 Å². The Balaban J connectivity index is 2.00. The molecule has 0 spiro atoms. The Labute approximate surface area is 199 Å². The van der Waals surface area contributed by atoms with Crippen LogP contribution < -0.4 is 0 Å². The van der Waals surface area contributed by atoms with Gasteiger partial charge < -0.3 is 5.11 Å². The van der Waals surface area contributed by atoms with Crippen molar-refractivity contribution in [2.24, 2.45) is 5.92 Å². The van der Waals surface area contributed by atoms with Crippen molar-refractivity contribution in [2.45, 2.75) is 161 Å². The number of piperidine rings is 1. The first kappa shape index (κ1) is 29.4. The molecule has 0 aliphatic carbocycles. The largest absolute Gasteiger partial charge is 0.481 e. The maximum absolute atomic E-state index is 10.5. The first-order valence-corrected chi connectivity index (χ1v) is 13.8. The van der Waals surface area contributed by atoms with Crippen molar-refractivity contribution in [2.75, 3.05) is 6.61 Å². The van der Waals surface area contributed by atoms with Gasteiger partial charge in [0.2, 0.25) is 0 Å². The van der Waals surface area contributed by atoms with Gasteiger partial charge in [-0.05, 0) is 59.3 Å². The van der Waals surface area contributed by atoms with Crippen LogP contribution in [0.15, 0.2) is 0 Å². The molecule has 1 heterocycles. The summed E-state index contributed by atoms with van der Waals surface area (Å²) in [5.74, 6) is 0.168. The molecule has 0 atom stereocenters. The minimum atomic E-state index is -0.656. The van der Waals surface area contributed by atoms with Gasteiger partial charge in [-0.3, -0.25) is 9.63 Å². The smallest absolute Gasteiger partial charge is 0.303 e. The van der Waals surface area contributed by atoms with Crippen LogP contribution in [0.5, 0.6) is 0 Å². The van der Waals surface area contributed by atoms with E-state index in [0.29, 0.717) is 6.42 Å². The van der Waals surface area contributed by atoms with Gasteiger partial charge in [-0.2, -0.15) is 5.06 Å². The van der Waals surface area contributed by atoms with Crippen LogP contribution in [0.4, 0.5) is 0 Å². The summed E-state index contributed by atoms with van der Waals surface area (Å²) in [4.78, 5) is 16.6. The average Bonchev–Trinajstić information content (AvgIpc) is 2.69. The van der Waals surface area contributed by atoms with Crippen molar-refractivity contribution in [3.05, 3.63) is 0 Å². The fraction of sp³-hybridized carbons (Fsp3) is 0.964. The molecule has 1 N–H and O–H groups in total. The standard InChI is InChI=1S/C28H55NO3/c1-6-22-32-29-27(2,3)23-25(24-28(29,4)5)20-18-16-14-12-10-8-7-9-11-13-15-17-19-21-26(30)31/h25H,6-24H2,1-5H3,(H,30,31). The van der Waals surface area contributed by atoms with Crippen molar-refractivity contribution >= 4 is 5.97 Å². The Morgan fingerprint density at radius 2 is 1.19 bits per heavy atom. The lowest BCUT2D eigenvalue weighted by Crippen LogP contribution is -2.60. The lowest BCUT2D eigenvalue weighted by atomic mass is 9.73. The summed E-state index contributed by atoms with van der Waals surface area (Å²) >= 11 is 0. The topological polar surface area (TPSA) is 49.8 Å². The third-order valence-electron chi connectivity index (χ3n) is 7.10. The molecule has 1 saturated heterocycles. The third kappa shape index (κ3) is 12.6. The van der Waals surface area contributed by atoms with Crippen molar-refractivity contribution in [3.8, 4) is 0 Å². The van der Waals surface area contributed by atoms with Crippen LogP contribution in [0.3, 0.4) is 0 Å². The third-order valence-corrected chi connectivity index (χ3v) is 7.10. The lowest BCUT2D eigenvalue weighted by Gasteiger charge is -2.54. The second-order valence-electron chi connectivity index (χ2n) is 11.6. The number of nitrogens with zero attached hydrogens (tertiary/aromatic N) is 1. The number of rotatable bonds is 19. The van der Waals surface area contributed by atoms with E-state index in [1.165, 1.54) is 89.9 Å². The number of carboxylic acid groups (broad SMARTS) is 1. The van der Waals surface area contributed by atoms with E-state index >= 15 is 0 Å². The van der Waals surface area contributed by atoms with Crippen LogP contribution in [0, 0.1) is 5.92 Å². The van der Waals surface area contributed by atoms with E-state index in [2.05, 4.69) is 39.7 Å². The molecule has 0 aromatic heterocycles. The van der Waals surface area contributed by atoms with Gasteiger partial charge in [0.1, 0.15) is 0 Å². The second kappa shape index (κ2) is 16.1. The molecule has 0 aromatic carbocycles. The molecule has 0 saturated carbocycles. The predicted molar refractivity (Wildman–Crippen MR) is 136 cm³/mol. The molecule has 1 aliphatic rings. The summed E-state index contributed by atoms with van der Waals surface area (Å²) in [6.07, 6.45) is 22.1. The highest BCUT2D eigenvalue weighted by Crippen LogP contribution is 2.43. The SMILES string of the molecule is CCCON1C(C)(C)CC(CCCCCCCCCCCCCCCC(=O)O)CC1(C)C. The van der Waals surface area contributed by atoms with Crippen molar-refractivity contribution in [1.82, 2.24) is 5.06 Å². The number of carbonyl (C=O) groups is 1. The van der Waals surface area contributed by atoms with Crippen molar-refractivity contribution in [1.29, 1.82) is 0 Å². The Bertz CT molecular complexity index is 471. The highest BCUT2D eigenvalue weighted by Gasteiger charge is 2.46. The molecule has 0 radical (unpaired) electrons. The summed E-state index contributed by atoms with van der Waals surface area (Å²) in [7, 11) is 0. The van der Waals surface area contributed by atoms with E-state index in [9.17, 15) is 4.79 Å². The van der Waals surface area contributed by atoms with Crippen LogP contribution in [0.25, 0.3) is 0 Å². The molecule has 32 heavy (non-hydrogen) atoms. The Morgan fingerprint density at radius 3 is 1.59 bits per heavy atom. The number of carboxylic acids is 1. The highest BCUT2D eigenvalue weighted by atomic mass is 16.7. The quantitative estimate of drug-likeness (QED) is 0.199. The highest BCUT2D eigenvalue weighted by molar-refractivity contribution is 5.66. The molecule has 190 valence electrons. The second-order valence-corrected chi connectivity index (χ2v) is 11.6. The average molecular weight is 454 g/mol. The van der Waals surface area contributed by atoms with Crippen molar-refractivity contribution in [3.63, 3.8) is 0 Å². The van der Waals surface area contributed by atoms with E-state index in [4.69, 9.17) is 9.94 Å². The van der Waals surface area contributed by atoms with Gasteiger partial charge in [-0.15, -0.1) is 0 Å². The van der Waals surface area contributed by atoms with Crippen LogP contribution >= 0.6 is 0 Å². The monoisotopic (exact) mass is 453 g/mol. The molecule has 4 nitrogen and oxygen atoms in total. The zero-order valence-corrected chi connectivity index (χ0v) is 22.2. The predicted octanol–water partition coefficient (Wildman–Crippen LogP) is 8.53. The number of aliphatic carboxylic acids is 1. The molecule has 0 bridgehead atoms. The molecule has 1 rings (SSSR count). The molecule has 1 fully saturated rings. The van der Waals surface area contributed by atoms with E-state index in [0.717, 1.165) is 31.8 Å². The first-order valence-electron chi connectivity index (χ1n) is 13.8. The fourth-order valence-corrected chi connectivity index (χ4v) is 5.86. The van der Waals surface area contributed by atoms with E-state index in [1.807, 2.05) is 0 Å². The number of unbranched alkanes of at least 4 members (excludes halogenated alkanes) is 12. The Kier molecular flexibility index (Phi) is 14.8. The molecular formula is C28H55NO3. The van der Waals surface area contributed by atoms with E-state index < -0.39 is 5.97 Å². The molecule has 4 heteroatoms.